The van der Waals surface area contributed by atoms with Crippen molar-refractivity contribution in [2.45, 2.75) is 24.3 Å². The summed E-state index contributed by atoms with van der Waals surface area (Å²) in [5.74, 6) is 0.688. The Balaban J connectivity index is 2.58. The number of rotatable bonds is 5. The Morgan fingerprint density at radius 3 is 2.56 bits per heavy atom. The molecule has 0 spiro atoms. The van der Waals surface area contributed by atoms with Crippen molar-refractivity contribution in [3.05, 3.63) is 29.8 Å². The number of carbonyl (C=O) groups is 1. The lowest BCUT2D eigenvalue weighted by atomic mass is 10.1. The third-order valence-corrected chi connectivity index (χ3v) is 3.09. The van der Waals surface area contributed by atoms with E-state index in [4.69, 9.17) is 5.73 Å². The first kappa shape index (κ1) is 13.1. The van der Waals surface area contributed by atoms with Crippen molar-refractivity contribution < 1.29 is 9.53 Å². The first-order chi connectivity index (χ1) is 7.67. The highest BCUT2D eigenvalue weighted by Gasteiger charge is 2.13. The molecule has 1 aromatic carbocycles. The highest BCUT2D eigenvalue weighted by Crippen LogP contribution is 2.18. The molecule has 0 saturated heterocycles. The van der Waals surface area contributed by atoms with Gasteiger partial charge in [0.25, 0.3) is 0 Å². The van der Waals surface area contributed by atoms with Crippen molar-refractivity contribution in [2.75, 3.05) is 12.9 Å². The van der Waals surface area contributed by atoms with Crippen LogP contribution in [-0.4, -0.2) is 24.9 Å². The number of hydrogen-bond acceptors (Lipinski definition) is 4. The van der Waals surface area contributed by atoms with E-state index in [1.807, 2.05) is 24.3 Å². The number of benzene rings is 1. The van der Waals surface area contributed by atoms with Crippen molar-refractivity contribution in [2.24, 2.45) is 5.73 Å². The van der Waals surface area contributed by atoms with Crippen LogP contribution in [-0.2, 0) is 16.0 Å². The topological polar surface area (TPSA) is 52.3 Å². The van der Waals surface area contributed by atoms with Gasteiger partial charge in [0.2, 0.25) is 0 Å². The summed E-state index contributed by atoms with van der Waals surface area (Å²) in [6.45, 7) is 2.12. The molecule has 88 valence electrons. The molecule has 1 aromatic rings. The van der Waals surface area contributed by atoms with E-state index >= 15 is 0 Å². The van der Waals surface area contributed by atoms with Gasteiger partial charge in [0.15, 0.2) is 0 Å². The minimum Gasteiger partial charge on any atom is -0.468 e. The van der Waals surface area contributed by atoms with Crippen LogP contribution in [0.3, 0.4) is 0 Å². The molecule has 0 heterocycles. The molecular weight excluding hydrogens is 222 g/mol. The van der Waals surface area contributed by atoms with Gasteiger partial charge in [-0.15, -0.1) is 11.8 Å². The molecule has 0 aliphatic carbocycles. The van der Waals surface area contributed by atoms with Gasteiger partial charge in [0.05, 0.1) is 7.11 Å². The minimum atomic E-state index is -0.574. The number of nitrogens with two attached hydrogens (primary N) is 1. The molecule has 0 amide bonds. The maximum atomic E-state index is 11.1. The molecule has 1 atom stereocenters. The molecule has 0 aromatic heterocycles. The van der Waals surface area contributed by atoms with Gasteiger partial charge in [-0.2, -0.15) is 0 Å². The zero-order valence-electron chi connectivity index (χ0n) is 9.60. The molecule has 1 rings (SSSR count). The first-order valence-electron chi connectivity index (χ1n) is 5.22. The summed E-state index contributed by atoms with van der Waals surface area (Å²) in [5.41, 5.74) is 6.73. The lowest BCUT2D eigenvalue weighted by molar-refractivity contribution is -0.142. The fourth-order valence-electron chi connectivity index (χ4n) is 1.38. The van der Waals surface area contributed by atoms with Crippen molar-refractivity contribution in [1.82, 2.24) is 0 Å². The van der Waals surface area contributed by atoms with E-state index in [9.17, 15) is 4.79 Å². The number of methoxy groups -OCH3 is 1. The number of esters is 1. The third kappa shape index (κ3) is 3.87. The third-order valence-electron chi connectivity index (χ3n) is 2.19. The summed E-state index contributed by atoms with van der Waals surface area (Å²) >= 11 is 1.79. The van der Waals surface area contributed by atoms with E-state index in [1.54, 1.807) is 11.8 Å². The second kappa shape index (κ2) is 6.55. The molecule has 0 fully saturated rings. The summed E-state index contributed by atoms with van der Waals surface area (Å²) in [5, 5.41) is 0. The maximum Gasteiger partial charge on any atom is 0.322 e. The van der Waals surface area contributed by atoms with Crippen molar-refractivity contribution in [1.29, 1.82) is 0 Å². The Kier molecular flexibility index (Phi) is 5.35. The number of ether oxygens (including phenoxy) is 1. The molecule has 0 aliphatic rings. The predicted molar refractivity (Wildman–Crippen MR) is 66.5 cm³/mol. The Morgan fingerprint density at radius 2 is 2.06 bits per heavy atom. The van der Waals surface area contributed by atoms with E-state index in [1.165, 1.54) is 12.0 Å². The molecule has 0 radical (unpaired) electrons. The zero-order valence-corrected chi connectivity index (χ0v) is 10.4. The molecule has 3 nitrogen and oxygen atoms in total. The van der Waals surface area contributed by atoms with Crippen molar-refractivity contribution >= 4 is 17.7 Å². The molecule has 1 unspecified atom stereocenters. The van der Waals surface area contributed by atoms with E-state index in [0.29, 0.717) is 6.42 Å². The molecule has 2 N–H and O–H groups in total. The van der Waals surface area contributed by atoms with E-state index in [-0.39, 0.29) is 5.97 Å². The lowest BCUT2D eigenvalue weighted by Gasteiger charge is -2.09. The Hall–Kier alpha value is -1.00. The van der Waals surface area contributed by atoms with Gasteiger partial charge >= 0.3 is 5.97 Å². The second-order valence-electron chi connectivity index (χ2n) is 3.41. The van der Waals surface area contributed by atoms with Crippen LogP contribution in [0.15, 0.2) is 29.2 Å². The lowest BCUT2D eigenvalue weighted by Crippen LogP contribution is -2.33. The fraction of sp³-hybridized carbons (Fsp3) is 0.417. The van der Waals surface area contributed by atoms with Crippen LogP contribution in [0.25, 0.3) is 0 Å². The van der Waals surface area contributed by atoms with Gasteiger partial charge in [-0.05, 0) is 29.9 Å². The maximum absolute atomic E-state index is 11.1. The largest absolute Gasteiger partial charge is 0.468 e. The Morgan fingerprint density at radius 1 is 1.44 bits per heavy atom. The zero-order chi connectivity index (χ0) is 12.0. The van der Waals surface area contributed by atoms with Crippen LogP contribution in [0.4, 0.5) is 0 Å². The van der Waals surface area contributed by atoms with Crippen LogP contribution in [0.2, 0.25) is 0 Å². The molecule has 0 aliphatic heterocycles. The summed E-state index contributed by atoms with van der Waals surface area (Å²) in [4.78, 5) is 12.4. The van der Waals surface area contributed by atoms with Crippen LogP contribution in [0, 0.1) is 0 Å². The molecule has 4 heteroatoms. The van der Waals surface area contributed by atoms with E-state index in [2.05, 4.69) is 11.7 Å². The summed E-state index contributed by atoms with van der Waals surface area (Å²) < 4.78 is 4.58. The number of carbonyl (C=O) groups excluding carboxylic acids is 1. The average Bonchev–Trinajstić information content (AvgIpc) is 2.31. The van der Waals surface area contributed by atoms with Crippen LogP contribution in [0.5, 0.6) is 0 Å². The monoisotopic (exact) mass is 239 g/mol. The van der Waals surface area contributed by atoms with Gasteiger partial charge < -0.3 is 10.5 Å². The SMILES string of the molecule is CCSc1ccc(CC(N)C(=O)OC)cc1. The van der Waals surface area contributed by atoms with Gasteiger partial charge in [0.1, 0.15) is 6.04 Å². The fourth-order valence-corrected chi connectivity index (χ4v) is 2.04. The van der Waals surface area contributed by atoms with Gasteiger partial charge in [-0.25, -0.2) is 0 Å². The standard InChI is InChI=1S/C12H17NO2S/c1-3-16-10-6-4-9(5-7-10)8-11(13)12(14)15-2/h4-7,11H,3,8,13H2,1-2H3. The normalized spacial score (nSPS) is 12.2. The van der Waals surface area contributed by atoms with Gasteiger partial charge in [0, 0.05) is 4.90 Å². The van der Waals surface area contributed by atoms with E-state index < -0.39 is 6.04 Å². The number of thioether (sulfide) groups is 1. The second-order valence-corrected chi connectivity index (χ2v) is 4.75. The number of hydrogen-bond donors (Lipinski definition) is 1. The summed E-state index contributed by atoms with van der Waals surface area (Å²) in [6.07, 6.45) is 0.518. The Bertz CT molecular complexity index is 337. The van der Waals surface area contributed by atoms with Crippen LogP contribution < -0.4 is 5.73 Å². The Labute approximate surface area is 100 Å². The van der Waals surface area contributed by atoms with Crippen LogP contribution in [0.1, 0.15) is 12.5 Å². The minimum absolute atomic E-state index is 0.369. The first-order valence-corrected chi connectivity index (χ1v) is 6.21. The molecule has 0 saturated carbocycles. The molecule has 16 heavy (non-hydrogen) atoms. The quantitative estimate of drug-likeness (QED) is 0.629. The predicted octanol–water partition coefficient (Wildman–Crippen LogP) is 1.84. The molecular formula is C12H17NO2S. The van der Waals surface area contributed by atoms with Crippen molar-refractivity contribution in [3.63, 3.8) is 0 Å². The van der Waals surface area contributed by atoms with Gasteiger partial charge in [-0.3, -0.25) is 4.79 Å². The summed E-state index contributed by atoms with van der Waals surface area (Å²) in [6, 6.07) is 7.53. The van der Waals surface area contributed by atoms with Crippen molar-refractivity contribution in [3.8, 4) is 0 Å². The highest BCUT2D eigenvalue weighted by atomic mass is 32.2. The summed E-state index contributed by atoms with van der Waals surface area (Å²) in [7, 11) is 1.35. The van der Waals surface area contributed by atoms with E-state index in [0.717, 1.165) is 11.3 Å². The van der Waals surface area contributed by atoms with Gasteiger partial charge in [-0.1, -0.05) is 19.1 Å². The van der Waals surface area contributed by atoms with Crippen LogP contribution >= 0.6 is 11.8 Å². The smallest absolute Gasteiger partial charge is 0.322 e. The molecule has 0 bridgehead atoms. The highest BCUT2D eigenvalue weighted by molar-refractivity contribution is 7.99. The average molecular weight is 239 g/mol.